The van der Waals surface area contributed by atoms with Crippen LogP contribution in [0.25, 0.3) is 0 Å². The molecule has 2 N–H and O–H groups in total. The van der Waals surface area contributed by atoms with Gasteiger partial charge in [0.1, 0.15) is 0 Å². The molecule has 0 rings (SSSR count). The summed E-state index contributed by atoms with van der Waals surface area (Å²) in [5.41, 5.74) is -0.186. The summed E-state index contributed by atoms with van der Waals surface area (Å²) in [5.74, 6) is 0.0500. The van der Waals surface area contributed by atoms with Crippen molar-refractivity contribution in [1.82, 2.24) is 5.32 Å². The van der Waals surface area contributed by atoms with Crippen LogP contribution in [0.2, 0.25) is 0 Å². The fraction of sp³-hybridized carbons (Fsp3) is 0.917. The monoisotopic (exact) mass is 215 g/mol. The summed E-state index contributed by atoms with van der Waals surface area (Å²) in [6.45, 7) is 10.8. The molecule has 0 fully saturated rings. The zero-order chi connectivity index (χ0) is 12.1. The van der Waals surface area contributed by atoms with Crippen LogP contribution in [-0.4, -0.2) is 24.2 Å². The second-order valence-corrected chi connectivity index (χ2v) is 5.63. The maximum Gasteiger partial charge on any atom is 0.226 e. The van der Waals surface area contributed by atoms with Crippen molar-refractivity contribution >= 4 is 5.91 Å². The van der Waals surface area contributed by atoms with Crippen LogP contribution < -0.4 is 5.32 Å². The highest BCUT2D eigenvalue weighted by Gasteiger charge is 2.34. The molecule has 0 aromatic rings. The van der Waals surface area contributed by atoms with Crippen LogP contribution in [-0.2, 0) is 4.79 Å². The Morgan fingerprint density at radius 2 is 1.80 bits per heavy atom. The van der Waals surface area contributed by atoms with E-state index in [1.165, 1.54) is 0 Å². The first-order valence-electron chi connectivity index (χ1n) is 5.64. The number of nitrogens with one attached hydrogen (secondary N) is 1. The number of amides is 1. The predicted octanol–water partition coefficient (Wildman–Crippen LogP) is 1.95. The summed E-state index contributed by atoms with van der Waals surface area (Å²) in [6.07, 6.45) is 1.68. The molecular formula is C12H25NO2. The zero-order valence-electron chi connectivity index (χ0n) is 10.7. The Kier molecular flexibility index (Phi) is 5.29. The molecule has 90 valence electrons. The van der Waals surface area contributed by atoms with Crippen LogP contribution in [0.4, 0.5) is 0 Å². The van der Waals surface area contributed by atoms with E-state index in [0.717, 1.165) is 12.8 Å². The Bertz CT molecular complexity index is 208. The van der Waals surface area contributed by atoms with E-state index in [2.05, 4.69) is 26.1 Å². The molecule has 1 amide bonds. The summed E-state index contributed by atoms with van der Waals surface area (Å²) < 4.78 is 0. The number of rotatable bonds is 5. The van der Waals surface area contributed by atoms with Gasteiger partial charge in [-0.25, -0.2) is 0 Å². The first-order chi connectivity index (χ1) is 6.75. The van der Waals surface area contributed by atoms with Gasteiger partial charge in [-0.3, -0.25) is 4.79 Å². The van der Waals surface area contributed by atoms with E-state index in [-0.39, 0.29) is 23.3 Å². The van der Waals surface area contributed by atoms with Crippen LogP contribution in [0.1, 0.15) is 47.5 Å². The van der Waals surface area contributed by atoms with Crippen LogP contribution in [0.3, 0.4) is 0 Å². The third-order valence-corrected chi connectivity index (χ3v) is 2.65. The summed E-state index contributed by atoms with van der Waals surface area (Å²) in [6, 6.07) is 0. The van der Waals surface area contributed by atoms with Crippen molar-refractivity contribution in [3.63, 3.8) is 0 Å². The van der Waals surface area contributed by atoms with E-state index in [4.69, 9.17) is 5.11 Å². The number of carbonyl (C=O) groups is 1. The normalized spacial score (nSPS) is 15.9. The van der Waals surface area contributed by atoms with Gasteiger partial charge in [0.2, 0.25) is 5.91 Å². The first kappa shape index (κ1) is 14.4. The van der Waals surface area contributed by atoms with Crippen molar-refractivity contribution < 1.29 is 9.90 Å². The van der Waals surface area contributed by atoms with Crippen LogP contribution in [0.5, 0.6) is 0 Å². The minimum Gasteiger partial charge on any atom is -0.395 e. The Labute approximate surface area is 93.3 Å². The molecular weight excluding hydrogens is 190 g/mol. The molecule has 0 aliphatic rings. The molecule has 3 heteroatoms. The van der Waals surface area contributed by atoms with Gasteiger partial charge in [0.05, 0.1) is 6.61 Å². The number of aliphatic hydroxyl groups is 1. The van der Waals surface area contributed by atoms with Crippen molar-refractivity contribution in [3.05, 3.63) is 0 Å². The zero-order valence-corrected chi connectivity index (χ0v) is 10.7. The molecule has 0 aromatic heterocycles. The SMILES string of the molecule is CCC(C)(CC(C)(C)C)C(=O)NCCO. The van der Waals surface area contributed by atoms with Gasteiger partial charge in [0.25, 0.3) is 0 Å². The van der Waals surface area contributed by atoms with Gasteiger partial charge in [0, 0.05) is 12.0 Å². The highest BCUT2D eigenvalue weighted by atomic mass is 16.3. The lowest BCUT2D eigenvalue weighted by molar-refractivity contribution is -0.132. The molecule has 0 aliphatic heterocycles. The van der Waals surface area contributed by atoms with Gasteiger partial charge in [-0.15, -0.1) is 0 Å². The van der Waals surface area contributed by atoms with Crippen molar-refractivity contribution in [1.29, 1.82) is 0 Å². The molecule has 0 saturated carbocycles. The summed E-state index contributed by atoms with van der Waals surface area (Å²) >= 11 is 0. The van der Waals surface area contributed by atoms with Gasteiger partial charge in [-0.1, -0.05) is 34.6 Å². The lowest BCUT2D eigenvalue weighted by atomic mass is 9.73. The summed E-state index contributed by atoms with van der Waals surface area (Å²) in [5, 5.41) is 11.4. The molecule has 15 heavy (non-hydrogen) atoms. The van der Waals surface area contributed by atoms with Crippen LogP contribution in [0.15, 0.2) is 0 Å². The predicted molar refractivity (Wildman–Crippen MR) is 62.6 cm³/mol. The lowest BCUT2D eigenvalue weighted by Crippen LogP contribution is -2.41. The minimum atomic E-state index is -0.326. The fourth-order valence-electron chi connectivity index (χ4n) is 1.92. The average molecular weight is 215 g/mol. The van der Waals surface area contributed by atoms with Crippen molar-refractivity contribution in [2.24, 2.45) is 10.8 Å². The Hall–Kier alpha value is -0.570. The first-order valence-corrected chi connectivity index (χ1v) is 5.64. The van der Waals surface area contributed by atoms with Gasteiger partial charge >= 0.3 is 0 Å². The van der Waals surface area contributed by atoms with Gasteiger partial charge in [-0.2, -0.15) is 0 Å². The quantitative estimate of drug-likeness (QED) is 0.736. The molecule has 0 aromatic carbocycles. The lowest BCUT2D eigenvalue weighted by Gasteiger charge is -2.33. The second-order valence-electron chi connectivity index (χ2n) is 5.63. The Morgan fingerprint density at radius 1 is 1.27 bits per heavy atom. The average Bonchev–Trinajstić information content (AvgIpc) is 2.11. The molecule has 0 spiro atoms. The highest BCUT2D eigenvalue weighted by molar-refractivity contribution is 5.82. The number of hydrogen-bond donors (Lipinski definition) is 2. The molecule has 1 atom stereocenters. The van der Waals surface area contributed by atoms with Crippen molar-refractivity contribution in [3.8, 4) is 0 Å². The van der Waals surface area contributed by atoms with Gasteiger partial charge < -0.3 is 10.4 Å². The smallest absolute Gasteiger partial charge is 0.226 e. The summed E-state index contributed by atoms with van der Waals surface area (Å²) in [4.78, 5) is 11.9. The van der Waals surface area contributed by atoms with Crippen LogP contribution in [0, 0.1) is 10.8 Å². The molecule has 0 heterocycles. The number of carbonyl (C=O) groups excluding carboxylic acids is 1. The standard InChI is InChI=1S/C12H25NO2/c1-6-12(5,9-11(2,3)4)10(15)13-7-8-14/h14H,6-9H2,1-5H3,(H,13,15). The molecule has 0 bridgehead atoms. The minimum absolute atomic E-state index is 0.00104. The van der Waals surface area contributed by atoms with E-state index < -0.39 is 0 Å². The number of hydrogen-bond acceptors (Lipinski definition) is 2. The van der Waals surface area contributed by atoms with E-state index in [0.29, 0.717) is 6.54 Å². The molecule has 3 nitrogen and oxygen atoms in total. The third kappa shape index (κ3) is 5.17. The Morgan fingerprint density at radius 3 is 2.13 bits per heavy atom. The van der Waals surface area contributed by atoms with Gasteiger partial charge in [-0.05, 0) is 18.3 Å². The topological polar surface area (TPSA) is 49.3 Å². The van der Waals surface area contributed by atoms with E-state index in [1.54, 1.807) is 0 Å². The van der Waals surface area contributed by atoms with Crippen LogP contribution >= 0.6 is 0 Å². The fourth-order valence-corrected chi connectivity index (χ4v) is 1.92. The largest absolute Gasteiger partial charge is 0.395 e. The Balaban J connectivity index is 4.48. The molecule has 0 aliphatic carbocycles. The maximum absolute atomic E-state index is 11.9. The highest BCUT2D eigenvalue weighted by Crippen LogP contribution is 2.36. The second kappa shape index (κ2) is 5.50. The number of aliphatic hydroxyl groups excluding tert-OH is 1. The van der Waals surface area contributed by atoms with E-state index >= 15 is 0 Å². The maximum atomic E-state index is 11.9. The summed E-state index contributed by atoms with van der Waals surface area (Å²) in [7, 11) is 0. The van der Waals surface area contributed by atoms with E-state index in [1.807, 2.05) is 13.8 Å². The van der Waals surface area contributed by atoms with Gasteiger partial charge in [0.15, 0.2) is 0 Å². The van der Waals surface area contributed by atoms with E-state index in [9.17, 15) is 4.79 Å². The molecule has 1 unspecified atom stereocenters. The molecule has 0 saturated heterocycles. The third-order valence-electron chi connectivity index (χ3n) is 2.65. The molecule has 0 radical (unpaired) electrons. The van der Waals surface area contributed by atoms with Crippen molar-refractivity contribution in [2.75, 3.05) is 13.2 Å². The van der Waals surface area contributed by atoms with Crippen molar-refractivity contribution in [2.45, 2.75) is 47.5 Å².